The molecule has 0 unspecified atom stereocenters. The highest BCUT2D eigenvalue weighted by Crippen LogP contribution is 2.31. The van der Waals surface area contributed by atoms with E-state index in [1.165, 1.54) is 22.3 Å². The third-order valence-corrected chi connectivity index (χ3v) is 5.40. The lowest BCUT2D eigenvalue weighted by atomic mass is 10.1. The minimum absolute atomic E-state index is 0.0743. The second kappa shape index (κ2) is 7.48. The molecular weight excluding hydrogens is 378 g/mol. The summed E-state index contributed by atoms with van der Waals surface area (Å²) in [7, 11) is 0. The first-order valence-electron chi connectivity index (χ1n) is 8.69. The van der Waals surface area contributed by atoms with Gasteiger partial charge in [-0.15, -0.1) is 0 Å². The van der Waals surface area contributed by atoms with Crippen molar-refractivity contribution in [2.45, 2.75) is 13.5 Å². The van der Waals surface area contributed by atoms with Crippen molar-refractivity contribution in [1.82, 2.24) is 4.98 Å². The van der Waals surface area contributed by atoms with Gasteiger partial charge in [-0.1, -0.05) is 47.7 Å². The normalized spacial score (nSPS) is 11.0. The average Bonchev–Trinajstić information content (AvgIpc) is 3.11. The number of rotatable bonds is 4. The first kappa shape index (κ1) is 18.3. The summed E-state index contributed by atoms with van der Waals surface area (Å²) in [4.78, 5) is 19.3. The Balaban J connectivity index is 1.78. The molecule has 0 aliphatic carbocycles. The Morgan fingerprint density at radius 1 is 1.00 bits per heavy atom. The van der Waals surface area contributed by atoms with Crippen LogP contribution in [0, 0.1) is 18.6 Å². The van der Waals surface area contributed by atoms with Gasteiger partial charge in [-0.05, 0) is 48.4 Å². The summed E-state index contributed by atoms with van der Waals surface area (Å²) in [5.41, 5.74) is 2.88. The van der Waals surface area contributed by atoms with Crippen LogP contribution in [0.25, 0.3) is 10.2 Å². The minimum Gasteiger partial charge on any atom is -0.279 e. The zero-order chi connectivity index (χ0) is 19.7. The quantitative estimate of drug-likeness (QED) is 0.443. The number of aryl methyl sites for hydroxylation is 1. The van der Waals surface area contributed by atoms with Crippen LogP contribution in [0.3, 0.4) is 0 Å². The number of halogens is 2. The van der Waals surface area contributed by atoms with Crippen LogP contribution in [-0.4, -0.2) is 10.9 Å². The predicted octanol–water partition coefficient (Wildman–Crippen LogP) is 5.73. The first-order chi connectivity index (χ1) is 13.5. The van der Waals surface area contributed by atoms with Crippen molar-refractivity contribution in [3.8, 4) is 0 Å². The fraction of sp³-hybridized carbons (Fsp3) is 0.0909. The highest BCUT2D eigenvalue weighted by molar-refractivity contribution is 7.22. The van der Waals surface area contributed by atoms with Gasteiger partial charge >= 0.3 is 0 Å². The molecule has 28 heavy (non-hydrogen) atoms. The van der Waals surface area contributed by atoms with E-state index in [4.69, 9.17) is 0 Å². The largest absolute Gasteiger partial charge is 0.279 e. The summed E-state index contributed by atoms with van der Waals surface area (Å²) in [6, 6.07) is 18.5. The van der Waals surface area contributed by atoms with E-state index in [0.29, 0.717) is 5.13 Å². The summed E-state index contributed by atoms with van der Waals surface area (Å²) in [6.07, 6.45) is 0. The number of hydrogen-bond acceptors (Lipinski definition) is 3. The molecule has 4 rings (SSSR count). The lowest BCUT2D eigenvalue weighted by Gasteiger charge is -2.20. The number of thiazole rings is 1. The van der Waals surface area contributed by atoms with Gasteiger partial charge in [0.25, 0.3) is 5.91 Å². The van der Waals surface area contributed by atoms with Gasteiger partial charge in [-0.2, -0.15) is 0 Å². The monoisotopic (exact) mass is 394 g/mol. The van der Waals surface area contributed by atoms with E-state index in [0.717, 1.165) is 33.5 Å². The van der Waals surface area contributed by atoms with Gasteiger partial charge in [0, 0.05) is 5.56 Å². The van der Waals surface area contributed by atoms with Crippen molar-refractivity contribution in [3.05, 3.63) is 95.1 Å². The molecule has 0 saturated carbocycles. The summed E-state index contributed by atoms with van der Waals surface area (Å²) >= 11 is 1.40. The number of fused-ring (bicyclic) bond motifs is 1. The Hall–Kier alpha value is -3.12. The van der Waals surface area contributed by atoms with Crippen LogP contribution in [0.4, 0.5) is 13.9 Å². The van der Waals surface area contributed by atoms with Crippen LogP contribution < -0.4 is 4.90 Å². The van der Waals surface area contributed by atoms with Gasteiger partial charge in [-0.3, -0.25) is 9.69 Å². The van der Waals surface area contributed by atoms with Crippen molar-refractivity contribution in [3.63, 3.8) is 0 Å². The highest BCUT2D eigenvalue weighted by Gasteiger charge is 2.22. The number of amides is 1. The lowest BCUT2D eigenvalue weighted by molar-refractivity contribution is 0.0984. The SMILES string of the molecule is Cc1ccc2nc(N(Cc3ccccc3)C(=O)c3ccc(F)c(F)c3)sc2c1. The van der Waals surface area contributed by atoms with Gasteiger partial charge in [0.15, 0.2) is 16.8 Å². The number of hydrogen-bond donors (Lipinski definition) is 0. The molecule has 0 aliphatic heterocycles. The number of benzene rings is 3. The standard InChI is InChI=1S/C22H16F2N2OS/c1-14-7-10-19-20(11-14)28-22(25-19)26(13-15-5-3-2-4-6-15)21(27)16-8-9-17(23)18(24)12-16/h2-12H,13H2,1H3. The molecule has 1 amide bonds. The smallest absolute Gasteiger partial charge is 0.260 e. The van der Waals surface area contributed by atoms with Gasteiger partial charge in [-0.25, -0.2) is 13.8 Å². The maximum Gasteiger partial charge on any atom is 0.260 e. The molecule has 3 nitrogen and oxygen atoms in total. The molecule has 0 fully saturated rings. The summed E-state index contributed by atoms with van der Waals surface area (Å²) in [6.45, 7) is 2.27. The predicted molar refractivity (Wildman–Crippen MR) is 108 cm³/mol. The maximum absolute atomic E-state index is 13.7. The Morgan fingerprint density at radius 3 is 2.54 bits per heavy atom. The molecule has 0 atom stereocenters. The van der Waals surface area contributed by atoms with Gasteiger partial charge < -0.3 is 0 Å². The number of aromatic nitrogens is 1. The van der Waals surface area contributed by atoms with Gasteiger partial charge in [0.05, 0.1) is 16.8 Å². The van der Waals surface area contributed by atoms with Gasteiger partial charge in [0.2, 0.25) is 0 Å². The molecule has 0 bridgehead atoms. The van der Waals surface area contributed by atoms with Crippen LogP contribution >= 0.6 is 11.3 Å². The van der Waals surface area contributed by atoms with E-state index < -0.39 is 17.5 Å². The molecular formula is C22H16F2N2OS. The fourth-order valence-electron chi connectivity index (χ4n) is 2.91. The van der Waals surface area contributed by atoms with Crippen LogP contribution in [0.5, 0.6) is 0 Å². The third kappa shape index (κ3) is 3.64. The second-order valence-corrected chi connectivity index (χ2v) is 7.48. The van der Waals surface area contributed by atoms with Gasteiger partial charge in [0.1, 0.15) is 0 Å². The summed E-state index contributed by atoms with van der Waals surface area (Å²) in [5, 5.41) is 0.513. The van der Waals surface area contributed by atoms with E-state index in [2.05, 4.69) is 4.98 Å². The van der Waals surface area contributed by atoms with E-state index in [9.17, 15) is 13.6 Å². The Labute approximate surface area is 164 Å². The zero-order valence-electron chi connectivity index (χ0n) is 15.0. The Bertz CT molecular complexity index is 1160. The third-order valence-electron chi connectivity index (χ3n) is 4.36. The molecule has 4 aromatic rings. The van der Waals surface area contributed by atoms with E-state index >= 15 is 0 Å². The molecule has 1 aromatic heterocycles. The Kier molecular flexibility index (Phi) is 4.88. The van der Waals surface area contributed by atoms with Crippen molar-refractivity contribution < 1.29 is 13.6 Å². The molecule has 3 aromatic carbocycles. The second-order valence-electron chi connectivity index (χ2n) is 6.47. The fourth-order valence-corrected chi connectivity index (χ4v) is 3.97. The lowest BCUT2D eigenvalue weighted by Crippen LogP contribution is -2.30. The number of anilines is 1. The van der Waals surface area contributed by atoms with Crippen LogP contribution in [0.1, 0.15) is 21.5 Å². The molecule has 140 valence electrons. The number of carbonyl (C=O) groups is 1. The average molecular weight is 394 g/mol. The van der Waals surface area contributed by atoms with Crippen LogP contribution in [0.15, 0.2) is 66.7 Å². The molecule has 1 heterocycles. The Morgan fingerprint density at radius 2 is 1.79 bits per heavy atom. The van der Waals surface area contributed by atoms with E-state index in [-0.39, 0.29) is 12.1 Å². The van der Waals surface area contributed by atoms with Crippen molar-refractivity contribution in [2.24, 2.45) is 0 Å². The molecule has 6 heteroatoms. The van der Waals surface area contributed by atoms with E-state index in [1.807, 2.05) is 55.5 Å². The molecule has 0 aliphatic rings. The zero-order valence-corrected chi connectivity index (χ0v) is 15.8. The maximum atomic E-state index is 13.7. The minimum atomic E-state index is -1.05. The molecule has 0 saturated heterocycles. The van der Waals surface area contributed by atoms with Crippen LogP contribution in [-0.2, 0) is 6.54 Å². The number of nitrogens with zero attached hydrogens (tertiary/aromatic N) is 2. The topological polar surface area (TPSA) is 33.2 Å². The van der Waals surface area contributed by atoms with Crippen LogP contribution in [0.2, 0.25) is 0 Å². The van der Waals surface area contributed by atoms with Crippen molar-refractivity contribution in [1.29, 1.82) is 0 Å². The molecule has 0 radical (unpaired) electrons. The first-order valence-corrected chi connectivity index (χ1v) is 9.51. The summed E-state index contributed by atoms with van der Waals surface area (Å²) < 4.78 is 27.9. The highest BCUT2D eigenvalue weighted by atomic mass is 32.1. The van der Waals surface area contributed by atoms with Crippen molar-refractivity contribution in [2.75, 3.05) is 4.90 Å². The number of carbonyl (C=O) groups excluding carboxylic acids is 1. The summed E-state index contributed by atoms with van der Waals surface area (Å²) in [5.74, 6) is -2.47. The van der Waals surface area contributed by atoms with E-state index in [1.54, 1.807) is 0 Å². The van der Waals surface area contributed by atoms with Crippen molar-refractivity contribution >= 4 is 32.6 Å². The molecule has 0 spiro atoms. The molecule has 0 N–H and O–H groups in total.